The van der Waals surface area contributed by atoms with E-state index in [2.05, 4.69) is 63.2 Å². The monoisotopic (exact) mass is 363 g/mol. The van der Waals surface area contributed by atoms with Gasteiger partial charge in [0.1, 0.15) is 5.75 Å². The quantitative estimate of drug-likeness (QED) is 0.802. The van der Waals surface area contributed by atoms with Crippen LogP contribution in [0.5, 0.6) is 5.75 Å². The average molecular weight is 365 g/mol. The molecule has 1 rings (SSSR count). The van der Waals surface area contributed by atoms with Gasteiger partial charge in [0.05, 0.1) is 15.0 Å². The van der Waals surface area contributed by atoms with E-state index in [1.807, 2.05) is 7.05 Å². The van der Waals surface area contributed by atoms with Gasteiger partial charge in [-0.15, -0.1) is 0 Å². The van der Waals surface area contributed by atoms with E-state index in [1.54, 1.807) is 0 Å². The Labute approximate surface area is 120 Å². The molecule has 1 N–H and O–H groups in total. The third kappa shape index (κ3) is 4.60. The highest BCUT2D eigenvalue weighted by atomic mass is 79.9. The minimum absolute atomic E-state index is 0.239. The highest BCUT2D eigenvalue weighted by molar-refractivity contribution is 9.11. The van der Waals surface area contributed by atoms with Crippen LogP contribution < -0.4 is 10.1 Å². The van der Waals surface area contributed by atoms with Gasteiger partial charge >= 0.3 is 0 Å². The molecule has 0 saturated heterocycles. The Morgan fingerprint density at radius 2 is 1.88 bits per heavy atom. The molecule has 1 unspecified atom stereocenters. The maximum absolute atomic E-state index is 5.94. The van der Waals surface area contributed by atoms with Gasteiger partial charge in [0.25, 0.3) is 0 Å². The highest BCUT2D eigenvalue weighted by Crippen LogP contribution is 2.35. The number of ether oxygens (including phenoxy) is 1. The summed E-state index contributed by atoms with van der Waals surface area (Å²) in [6.45, 7) is 5.12. The van der Waals surface area contributed by atoms with Gasteiger partial charge in [-0.3, -0.25) is 0 Å². The molecule has 0 aliphatic heterocycles. The fourth-order valence-electron chi connectivity index (χ4n) is 1.70. The van der Waals surface area contributed by atoms with Crippen LogP contribution in [-0.2, 0) is 6.54 Å². The van der Waals surface area contributed by atoms with Gasteiger partial charge in [0, 0.05) is 6.54 Å². The molecule has 1 atom stereocenters. The molecule has 17 heavy (non-hydrogen) atoms. The van der Waals surface area contributed by atoms with Crippen molar-refractivity contribution in [2.75, 3.05) is 7.05 Å². The molecule has 1 aromatic carbocycles. The lowest BCUT2D eigenvalue weighted by Gasteiger charge is -2.17. The molecule has 0 fully saturated rings. The Kier molecular flexibility index (Phi) is 6.52. The van der Waals surface area contributed by atoms with E-state index in [-0.39, 0.29) is 6.10 Å². The zero-order valence-corrected chi connectivity index (χ0v) is 13.7. The van der Waals surface area contributed by atoms with Crippen LogP contribution in [0.15, 0.2) is 21.1 Å². The molecule has 0 aliphatic rings. The van der Waals surface area contributed by atoms with Crippen molar-refractivity contribution in [2.45, 2.75) is 39.3 Å². The van der Waals surface area contributed by atoms with Gasteiger partial charge in [-0.05, 0) is 69.9 Å². The molecule has 0 bridgehead atoms. The van der Waals surface area contributed by atoms with E-state index >= 15 is 0 Å². The summed E-state index contributed by atoms with van der Waals surface area (Å²) in [5.74, 6) is 0.894. The van der Waals surface area contributed by atoms with Crippen LogP contribution in [0.25, 0.3) is 0 Å². The van der Waals surface area contributed by atoms with Gasteiger partial charge in [-0.2, -0.15) is 0 Å². The largest absolute Gasteiger partial charge is 0.488 e. The molecule has 0 spiro atoms. The molecule has 0 amide bonds. The van der Waals surface area contributed by atoms with Crippen molar-refractivity contribution in [2.24, 2.45) is 0 Å². The first-order chi connectivity index (χ1) is 8.08. The van der Waals surface area contributed by atoms with E-state index in [9.17, 15) is 0 Å². The van der Waals surface area contributed by atoms with Gasteiger partial charge in [0.2, 0.25) is 0 Å². The minimum Gasteiger partial charge on any atom is -0.488 e. The van der Waals surface area contributed by atoms with Gasteiger partial charge in [-0.1, -0.05) is 13.3 Å². The molecular weight excluding hydrogens is 346 g/mol. The summed E-state index contributed by atoms with van der Waals surface area (Å²) < 4.78 is 7.94. The van der Waals surface area contributed by atoms with Crippen molar-refractivity contribution >= 4 is 31.9 Å². The zero-order chi connectivity index (χ0) is 12.8. The van der Waals surface area contributed by atoms with E-state index in [0.717, 1.165) is 34.1 Å². The molecular formula is C13H19Br2NO. The fraction of sp³-hybridized carbons (Fsp3) is 0.538. The van der Waals surface area contributed by atoms with Crippen LogP contribution in [0, 0.1) is 0 Å². The number of nitrogens with one attached hydrogen (secondary N) is 1. The van der Waals surface area contributed by atoms with Crippen LogP contribution >= 0.6 is 31.9 Å². The molecule has 0 aromatic heterocycles. The van der Waals surface area contributed by atoms with E-state index < -0.39 is 0 Å². The number of hydrogen-bond acceptors (Lipinski definition) is 2. The standard InChI is InChI=1S/C13H19Br2NO/c1-4-5-9(2)17-13-11(14)6-10(8-16-3)7-12(13)15/h6-7,9,16H,4-5,8H2,1-3H3. The first-order valence-corrected chi connectivity index (χ1v) is 7.46. The number of hydrogen-bond donors (Lipinski definition) is 1. The van der Waals surface area contributed by atoms with Gasteiger partial charge in [0.15, 0.2) is 0 Å². The van der Waals surface area contributed by atoms with Crippen LogP contribution in [-0.4, -0.2) is 13.2 Å². The lowest BCUT2D eigenvalue weighted by Crippen LogP contribution is -2.12. The number of benzene rings is 1. The van der Waals surface area contributed by atoms with Crippen LogP contribution in [0.3, 0.4) is 0 Å². The van der Waals surface area contributed by atoms with Gasteiger partial charge in [-0.25, -0.2) is 0 Å². The van der Waals surface area contributed by atoms with Crippen molar-refractivity contribution in [1.29, 1.82) is 0 Å². The third-order valence-electron chi connectivity index (χ3n) is 2.45. The summed E-state index contributed by atoms with van der Waals surface area (Å²) in [6, 6.07) is 4.19. The molecule has 96 valence electrons. The summed E-state index contributed by atoms with van der Waals surface area (Å²) >= 11 is 7.13. The Bertz CT molecular complexity index is 345. The molecule has 4 heteroatoms. The number of rotatable bonds is 6. The SMILES string of the molecule is CCCC(C)Oc1c(Br)cc(CNC)cc1Br. The van der Waals surface area contributed by atoms with E-state index in [0.29, 0.717) is 0 Å². The Balaban J connectivity index is 2.85. The van der Waals surface area contributed by atoms with Crippen molar-refractivity contribution < 1.29 is 4.74 Å². The summed E-state index contributed by atoms with van der Waals surface area (Å²) in [5, 5.41) is 3.14. The average Bonchev–Trinajstić information content (AvgIpc) is 2.24. The van der Waals surface area contributed by atoms with Crippen LogP contribution in [0.2, 0.25) is 0 Å². The van der Waals surface area contributed by atoms with Crippen LogP contribution in [0.4, 0.5) is 0 Å². The maximum Gasteiger partial charge on any atom is 0.148 e. The Morgan fingerprint density at radius 1 is 1.29 bits per heavy atom. The summed E-state index contributed by atoms with van der Waals surface area (Å²) in [6.07, 6.45) is 2.44. The van der Waals surface area contributed by atoms with Crippen molar-refractivity contribution in [3.63, 3.8) is 0 Å². The summed E-state index contributed by atoms with van der Waals surface area (Å²) in [7, 11) is 1.94. The second kappa shape index (κ2) is 7.39. The topological polar surface area (TPSA) is 21.3 Å². The van der Waals surface area contributed by atoms with Gasteiger partial charge < -0.3 is 10.1 Å². The number of halogens is 2. The second-order valence-electron chi connectivity index (χ2n) is 4.14. The second-order valence-corrected chi connectivity index (χ2v) is 5.84. The summed E-state index contributed by atoms with van der Waals surface area (Å²) in [4.78, 5) is 0. The predicted molar refractivity (Wildman–Crippen MR) is 79.6 cm³/mol. The zero-order valence-electron chi connectivity index (χ0n) is 10.5. The third-order valence-corrected chi connectivity index (χ3v) is 3.63. The maximum atomic E-state index is 5.94. The lowest BCUT2D eigenvalue weighted by atomic mass is 10.2. The molecule has 2 nitrogen and oxygen atoms in total. The lowest BCUT2D eigenvalue weighted by molar-refractivity contribution is 0.207. The van der Waals surface area contributed by atoms with Crippen LogP contribution in [0.1, 0.15) is 32.3 Å². The van der Waals surface area contributed by atoms with Crippen molar-refractivity contribution in [3.05, 3.63) is 26.6 Å². The van der Waals surface area contributed by atoms with E-state index in [4.69, 9.17) is 4.74 Å². The first-order valence-electron chi connectivity index (χ1n) is 5.87. The predicted octanol–water partition coefficient (Wildman–Crippen LogP) is 4.50. The minimum atomic E-state index is 0.239. The molecule has 1 aromatic rings. The Morgan fingerprint density at radius 3 is 2.35 bits per heavy atom. The fourth-order valence-corrected chi connectivity index (χ4v) is 3.17. The smallest absolute Gasteiger partial charge is 0.148 e. The van der Waals surface area contributed by atoms with Crippen molar-refractivity contribution in [1.82, 2.24) is 5.32 Å². The highest BCUT2D eigenvalue weighted by Gasteiger charge is 2.11. The molecule has 0 saturated carbocycles. The molecule has 0 aliphatic carbocycles. The summed E-state index contributed by atoms with van der Waals surface area (Å²) in [5.41, 5.74) is 1.22. The normalized spacial score (nSPS) is 12.5. The molecule has 0 heterocycles. The van der Waals surface area contributed by atoms with E-state index in [1.165, 1.54) is 5.56 Å². The van der Waals surface area contributed by atoms with Crippen molar-refractivity contribution in [3.8, 4) is 5.75 Å². The Hall–Kier alpha value is -0.0600. The first kappa shape index (κ1) is 15.0. The molecule has 0 radical (unpaired) electrons.